The minimum Gasteiger partial charge on any atom is -0.492 e. The summed E-state index contributed by atoms with van der Waals surface area (Å²) in [6.45, 7) is 37.9. The highest BCUT2D eigenvalue weighted by Gasteiger charge is 2.38. The Labute approximate surface area is 306 Å². The zero-order valence-electron chi connectivity index (χ0n) is 33.6. The maximum Gasteiger partial charge on any atom is 0.119 e. The molecule has 280 valence electrons. The van der Waals surface area contributed by atoms with Gasteiger partial charge in [-0.15, -0.1) is 0 Å². The van der Waals surface area contributed by atoms with Gasteiger partial charge in [0.15, 0.2) is 0 Å². The highest BCUT2D eigenvalue weighted by Crippen LogP contribution is 2.37. The first-order valence-electron chi connectivity index (χ1n) is 19.7. The minimum absolute atomic E-state index is 0.0562. The molecular weight excluding hydrogens is 619 g/mol. The molecule has 0 saturated carbocycles. The van der Waals surface area contributed by atoms with Crippen LogP contribution in [0.3, 0.4) is 0 Å². The summed E-state index contributed by atoms with van der Waals surface area (Å²) < 4.78 is 12.1. The van der Waals surface area contributed by atoms with Crippen molar-refractivity contribution in [3.8, 4) is 5.75 Å². The van der Waals surface area contributed by atoms with Gasteiger partial charge in [-0.25, -0.2) is 0 Å². The fourth-order valence-corrected chi connectivity index (χ4v) is 7.63. The molecule has 7 heteroatoms. The molecular formula is C43H71N5O2. The fourth-order valence-electron chi connectivity index (χ4n) is 7.63. The van der Waals surface area contributed by atoms with E-state index < -0.39 is 0 Å². The predicted octanol–water partition coefficient (Wildman–Crippen LogP) is 7.14. The van der Waals surface area contributed by atoms with Crippen molar-refractivity contribution in [1.82, 2.24) is 19.6 Å². The number of benzene rings is 2. The Bertz CT molecular complexity index is 1310. The zero-order valence-corrected chi connectivity index (χ0v) is 33.6. The predicted molar refractivity (Wildman–Crippen MR) is 211 cm³/mol. The molecule has 3 fully saturated rings. The van der Waals surface area contributed by atoms with Crippen LogP contribution in [0.2, 0.25) is 0 Å². The first-order chi connectivity index (χ1) is 23.5. The van der Waals surface area contributed by atoms with Gasteiger partial charge in [-0.05, 0) is 101 Å². The highest BCUT2D eigenvalue weighted by atomic mass is 16.5. The standard InChI is InChI=1S/C43H71N5O2/c1-40(2,3)48-33-38(34-48)47-27-25-46(26-28-47)37-15-11-35(12-16-37)42(7,8)19-20-43(9,10)36-13-17-39(18-14-36)49-31-29-44-21-23-45(24-22-44)30-32-50-41(4,5)6/h11-18,38H,19-34H2,1-10H3. The lowest BCUT2D eigenvalue weighted by molar-refractivity contribution is -0.0237. The van der Waals surface area contributed by atoms with E-state index in [2.05, 4.69) is 142 Å². The number of rotatable bonds is 14. The highest BCUT2D eigenvalue weighted by molar-refractivity contribution is 5.49. The van der Waals surface area contributed by atoms with Crippen molar-refractivity contribution in [2.24, 2.45) is 0 Å². The van der Waals surface area contributed by atoms with Crippen LogP contribution in [0.1, 0.15) is 93.2 Å². The molecule has 0 amide bonds. The molecule has 0 radical (unpaired) electrons. The molecule has 0 spiro atoms. The van der Waals surface area contributed by atoms with Crippen LogP contribution in [0.4, 0.5) is 5.69 Å². The van der Waals surface area contributed by atoms with E-state index in [4.69, 9.17) is 9.47 Å². The largest absolute Gasteiger partial charge is 0.492 e. The smallest absolute Gasteiger partial charge is 0.119 e. The summed E-state index contributed by atoms with van der Waals surface area (Å²) in [6, 6.07) is 19.1. The normalized spacial score (nSPS) is 19.9. The summed E-state index contributed by atoms with van der Waals surface area (Å²) in [5, 5.41) is 0. The molecule has 50 heavy (non-hydrogen) atoms. The third kappa shape index (κ3) is 10.9. The van der Waals surface area contributed by atoms with Gasteiger partial charge in [0.05, 0.1) is 12.2 Å². The molecule has 0 aromatic heterocycles. The lowest BCUT2D eigenvalue weighted by atomic mass is 9.73. The minimum atomic E-state index is -0.0562. The van der Waals surface area contributed by atoms with Gasteiger partial charge in [-0.2, -0.15) is 0 Å². The number of piperazine rings is 2. The van der Waals surface area contributed by atoms with E-state index >= 15 is 0 Å². The van der Waals surface area contributed by atoms with Crippen LogP contribution in [0.5, 0.6) is 5.75 Å². The van der Waals surface area contributed by atoms with Crippen molar-refractivity contribution in [1.29, 1.82) is 0 Å². The van der Waals surface area contributed by atoms with Gasteiger partial charge in [0.2, 0.25) is 0 Å². The van der Waals surface area contributed by atoms with Gasteiger partial charge >= 0.3 is 0 Å². The van der Waals surface area contributed by atoms with Crippen LogP contribution in [0, 0.1) is 0 Å². The summed E-state index contributed by atoms with van der Waals surface area (Å²) in [5.74, 6) is 0.972. The Morgan fingerprint density at radius 3 is 1.54 bits per heavy atom. The number of likely N-dealkylation sites (tertiary alicyclic amines) is 1. The maximum atomic E-state index is 6.19. The van der Waals surface area contributed by atoms with Crippen LogP contribution < -0.4 is 9.64 Å². The second kappa shape index (κ2) is 16.2. The average Bonchev–Trinajstić information content (AvgIpc) is 3.03. The van der Waals surface area contributed by atoms with Gasteiger partial charge < -0.3 is 14.4 Å². The van der Waals surface area contributed by atoms with E-state index in [9.17, 15) is 0 Å². The molecule has 0 atom stereocenters. The SMILES string of the molecule is CC(C)(C)OCCN1CCN(CCOc2ccc(C(C)(C)CCC(C)(C)c3ccc(N4CCN(C5CN(C(C)(C)C)C5)CC4)cc3)cc2)CC1. The van der Waals surface area contributed by atoms with Crippen molar-refractivity contribution >= 4 is 5.69 Å². The Kier molecular flexibility index (Phi) is 12.7. The number of hydrogen-bond acceptors (Lipinski definition) is 7. The molecule has 3 saturated heterocycles. The molecule has 2 aromatic carbocycles. The topological polar surface area (TPSA) is 34.7 Å². The molecule has 7 nitrogen and oxygen atoms in total. The third-order valence-corrected chi connectivity index (χ3v) is 11.8. The van der Waals surface area contributed by atoms with Crippen molar-refractivity contribution in [3.05, 3.63) is 59.7 Å². The molecule has 0 N–H and O–H groups in total. The van der Waals surface area contributed by atoms with Crippen molar-refractivity contribution in [3.63, 3.8) is 0 Å². The fraction of sp³-hybridized carbons (Fsp3) is 0.721. The second-order valence-corrected chi connectivity index (χ2v) is 18.6. The molecule has 3 aliphatic rings. The van der Waals surface area contributed by atoms with Crippen LogP contribution in [0.25, 0.3) is 0 Å². The number of anilines is 1. The quantitative estimate of drug-likeness (QED) is 0.209. The molecule has 3 aliphatic heterocycles. The third-order valence-electron chi connectivity index (χ3n) is 11.8. The van der Waals surface area contributed by atoms with E-state index in [0.717, 1.165) is 90.2 Å². The Hall–Kier alpha value is -2.16. The van der Waals surface area contributed by atoms with Gasteiger partial charge in [-0.3, -0.25) is 19.6 Å². The zero-order chi connectivity index (χ0) is 36.2. The first-order valence-corrected chi connectivity index (χ1v) is 19.7. The maximum absolute atomic E-state index is 6.19. The summed E-state index contributed by atoms with van der Waals surface area (Å²) in [5.41, 5.74) is 4.65. The van der Waals surface area contributed by atoms with Crippen molar-refractivity contribution in [2.75, 3.05) is 96.7 Å². The lowest BCUT2D eigenvalue weighted by Gasteiger charge is -2.53. The lowest BCUT2D eigenvalue weighted by Crippen LogP contribution is -2.66. The van der Waals surface area contributed by atoms with Crippen molar-refractivity contribution < 1.29 is 9.47 Å². The Balaban J connectivity index is 1.01. The van der Waals surface area contributed by atoms with Crippen LogP contribution in [0.15, 0.2) is 48.5 Å². The molecule has 2 aromatic rings. The molecule has 0 bridgehead atoms. The Morgan fingerprint density at radius 2 is 1.06 bits per heavy atom. The average molecular weight is 690 g/mol. The summed E-state index contributed by atoms with van der Waals surface area (Å²) >= 11 is 0. The molecule has 0 aliphatic carbocycles. The number of nitrogens with zero attached hydrogens (tertiary/aromatic N) is 5. The van der Waals surface area contributed by atoms with Crippen molar-refractivity contribution in [2.45, 2.75) is 110 Å². The van der Waals surface area contributed by atoms with Crippen LogP contribution in [-0.4, -0.2) is 129 Å². The number of ether oxygens (including phenoxy) is 2. The Morgan fingerprint density at radius 1 is 0.580 bits per heavy atom. The molecule has 0 unspecified atom stereocenters. The summed E-state index contributed by atoms with van der Waals surface area (Å²) in [4.78, 5) is 12.9. The van der Waals surface area contributed by atoms with Gasteiger partial charge in [0.1, 0.15) is 12.4 Å². The van der Waals surface area contributed by atoms with E-state index in [1.807, 2.05) is 0 Å². The van der Waals surface area contributed by atoms with Crippen LogP contribution >= 0.6 is 0 Å². The van der Waals surface area contributed by atoms with E-state index in [1.54, 1.807) is 0 Å². The number of hydrogen-bond donors (Lipinski definition) is 0. The summed E-state index contributed by atoms with van der Waals surface area (Å²) in [6.07, 6.45) is 2.27. The monoisotopic (exact) mass is 690 g/mol. The molecule has 5 rings (SSSR count). The van der Waals surface area contributed by atoms with E-state index in [0.29, 0.717) is 5.54 Å². The first kappa shape index (κ1) is 39.1. The van der Waals surface area contributed by atoms with Gasteiger partial charge in [0.25, 0.3) is 0 Å². The van der Waals surface area contributed by atoms with Gasteiger partial charge in [-0.1, -0.05) is 52.0 Å². The summed E-state index contributed by atoms with van der Waals surface area (Å²) in [7, 11) is 0. The second-order valence-electron chi connectivity index (χ2n) is 18.6. The van der Waals surface area contributed by atoms with Gasteiger partial charge in [0, 0.05) is 95.8 Å². The van der Waals surface area contributed by atoms with E-state index in [1.165, 1.54) is 43.0 Å². The molecule has 3 heterocycles. The van der Waals surface area contributed by atoms with Crippen LogP contribution in [-0.2, 0) is 15.6 Å². The van der Waals surface area contributed by atoms with E-state index in [-0.39, 0.29) is 16.4 Å².